The molecule has 1 aromatic carbocycles. The van der Waals surface area contributed by atoms with Crippen LogP contribution >= 0.6 is 23.6 Å². The molecular weight excluding hydrogens is 376 g/mol. The third-order valence-corrected chi connectivity index (χ3v) is 7.60. The van der Waals surface area contributed by atoms with Gasteiger partial charge in [0.15, 0.2) is 3.95 Å². The molecule has 2 heterocycles. The lowest BCUT2D eigenvalue weighted by Crippen LogP contribution is -2.49. The summed E-state index contributed by atoms with van der Waals surface area (Å²) in [7, 11) is -3.45. The highest BCUT2D eigenvalue weighted by Gasteiger charge is 2.29. The highest BCUT2D eigenvalue weighted by atomic mass is 32.2. The third-order valence-electron chi connectivity index (χ3n) is 4.33. The Hall–Kier alpha value is -1.13. The van der Waals surface area contributed by atoms with E-state index in [-0.39, 0.29) is 0 Å². The number of hydrogen-bond donors (Lipinski definition) is 0. The molecule has 3 rings (SSSR count). The van der Waals surface area contributed by atoms with Crippen molar-refractivity contribution in [2.75, 3.05) is 26.2 Å². The van der Waals surface area contributed by atoms with Gasteiger partial charge in [-0.3, -0.25) is 4.90 Å². The SMILES string of the molecule is Cc1ccc(C)c(S(=O)(=O)N2CCN(Cn3nc(C)sc3=S)CC2)c1. The Kier molecular flexibility index (Phi) is 5.40. The minimum atomic E-state index is -3.45. The lowest BCUT2D eigenvalue weighted by molar-refractivity contribution is 0.145. The summed E-state index contributed by atoms with van der Waals surface area (Å²) in [5.41, 5.74) is 1.74. The van der Waals surface area contributed by atoms with E-state index in [2.05, 4.69) is 10.00 Å². The molecule has 0 radical (unpaired) electrons. The van der Waals surface area contributed by atoms with Gasteiger partial charge in [-0.1, -0.05) is 23.5 Å². The molecule has 0 spiro atoms. The molecule has 0 amide bonds. The normalized spacial score (nSPS) is 17.1. The molecule has 6 nitrogen and oxygen atoms in total. The standard InChI is InChI=1S/C16H22N4O2S3/c1-12-4-5-13(2)15(10-12)25(21,22)19-8-6-18(7-9-19)11-20-16(23)24-14(3)17-20/h4-5,10H,6-9,11H2,1-3H3. The molecule has 0 N–H and O–H groups in total. The van der Waals surface area contributed by atoms with Crippen LogP contribution in [-0.2, 0) is 16.7 Å². The van der Waals surface area contributed by atoms with Crippen molar-refractivity contribution in [3.63, 3.8) is 0 Å². The summed E-state index contributed by atoms with van der Waals surface area (Å²) in [5.74, 6) is 0. The Morgan fingerprint density at radius 3 is 2.44 bits per heavy atom. The summed E-state index contributed by atoms with van der Waals surface area (Å²) in [6.45, 7) is 8.60. The smallest absolute Gasteiger partial charge is 0.243 e. The number of benzene rings is 1. The van der Waals surface area contributed by atoms with Crippen molar-refractivity contribution < 1.29 is 8.42 Å². The molecule has 1 aliphatic rings. The second kappa shape index (κ2) is 7.24. The minimum absolute atomic E-state index is 0.415. The van der Waals surface area contributed by atoms with Crippen LogP contribution in [0.2, 0.25) is 0 Å². The van der Waals surface area contributed by atoms with Gasteiger partial charge < -0.3 is 0 Å². The topological polar surface area (TPSA) is 58.4 Å². The third kappa shape index (κ3) is 4.01. The maximum atomic E-state index is 13.0. The molecule has 136 valence electrons. The Balaban J connectivity index is 1.70. The van der Waals surface area contributed by atoms with Crippen LogP contribution < -0.4 is 0 Å². The van der Waals surface area contributed by atoms with E-state index < -0.39 is 10.0 Å². The van der Waals surface area contributed by atoms with Crippen molar-refractivity contribution in [3.8, 4) is 0 Å². The number of aromatic nitrogens is 2. The fourth-order valence-electron chi connectivity index (χ4n) is 2.92. The number of aryl methyl sites for hydroxylation is 3. The maximum Gasteiger partial charge on any atom is 0.243 e. The molecule has 2 aromatic rings. The van der Waals surface area contributed by atoms with Crippen LogP contribution in [0.15, 0.2) is 23.1 Å². The largest absolute Gasteiger partial charge is 0.282 e. The Bertz CT molecular complexity index is 925. The molecule has 1 saturated heterocycles. The monoisotopic (exact) mass is 398 g/mol. The highest BCUT2D eigenvalue weighted by Crippen LogP contribution is 2.22. The molecule has 0 bridgehead atoms. The van der Waals surface area contributed by atoms with Crippen LogP contribution in [0.1, 0.15) is 16.1 Å². The molecule has 0 atom stereocenters. The van der Waals surface area contributed by atoms with E-state index in [4.69, 9.17) is 12.2 Å². The number of nitrogens with zero attached hydrogens (tertiary/aromatic N) is 4. The van der Waals surface area contributed by atoms with Crippen LogP contribution in [0.4, 0.5) is 0 Å². The molecule has 0 aliphatic carbocycles. The van der Waals surface area contributed by atoms with Crippen LogP contribution in [0, 0.1) is 24.7 Å². The van der Waals surface area contributed by atoms with Gasteiger partial charge in [0, 0.05) is 26.2 Å². The zero-order valence-corrected chi connectivity index (χ0v) is 17.0. The lowest BCUT2D eigenvalue weighted by atomic mass is 10.2. The first-order valence-corrected chi connectivity index (χ1v) is 10.8. The Morgan fingerprint density at radius 2 is 1.84 bits per heavy atom. The van der Waals surface area contributed by atoms with E-state index in [0.29, 0.717) is 37.7 Å². The van der Waals surface area contributed by atoms with Crippen molar-refractivity contribution in [2.24, 2.45) is 0 Å². The van der Waals surface area contributed by atoms with Crippen molar-refractivity contribution in [3.05, 3.63) is 38.3 Å². The Morgan fingerprint density at radius 1 is 1.16 bits per heavy atom. The summed E-state index contributed by atoms with van der Waals surface area (Å²) in [5, 5.41) is 5.34. The van der Waals surface area contributed by atoms with Crippen LogP contribution in [0.5, 0.6) is 0 Å². The second-order valence-corrected chi connectivity index (χ2v) is 10.1. The van der Waals surface area contributed by atoms with E-state index in [0.717, 1.165) is 20.1 Å². The first kappa shape index (κ1) is 18.7. The molecular formula is C16H22N4O2S3. The second-order valence-electron chi connectivity index (χ2n) is 6.32. The van der Waals surface area contributed by atoms with Crippen LogP contribution in [0.3, 0.4) is 0 Å². The van der Waals surface area contributed by atoms with Gasteiger partial charge in [0.05, 0.1) is 11.6 Å². The number of piperazine rings is 1. The number of sulfonamides is 1. The molecule has 1 aliphatic heterocycles. The quantitative estimate of drug-likeness (QED) is 0.741. The summed E-state index contributed by atoms with van der Waals surface area (Å²) in [4.78, 5) is 2.60. The van der Waals surface area contributed by atoms with Crippen molar-refractivity contribution >= 4 is 33.6 Å². The average Bonchev–Trinajstić information content (AvgIpc) is 2.87. The van der Waals surface area contributed by atoms with Crippen molar-refractivity contribution in [2.45, 2.75) is 32.3 Å². The predicted molar refractivity (Wildman–Crippen MR) is 102 cm³/mol. The fraction of sp³-hybridized carbons (Fsp3) is 0.500. The van der Waals surface area contributed by atoms with Gasteiger partial charge in [0.25, 0.3) is 0 Å². The maximum absolute atomic E-state index is 13.0. The number of hydrogen-bond acceptors (Lipinski definition) is 6. The van der Waals surface area contributed by atoms with Crippen molar-refractivity contribution in [1.29, 1.82) is 0 Å². The Labute approximate surface area is 157 Å². The molecule has 25 heavy (non-hydrogen) atoms. The lowest BCUT2D eigenvalue weighted by Gasteiger charge is -2.34. The molecule has 0 unspecified atom stereocenters. The fourth-order valence-corrected chi connectivity index (χ4v) is 5.71. The number of rotatable bonds is 4. The molecule has 0 saturated carbocycles. The first-order valence-electron chi connectivity index (χ1n) is 8.12. The molecule has 1 aromatic heterocycles. The predicted octanol–water partition coefficient (Wildman–Crippen LogP) is 2.56. The van der Waals surface area contributed by atoms with Crippen LogP contribution in [-0.4, -0.2) is 53.6 Å². The average molecular weight is 399 g/mol. The summed E-state index contributed by atoms with van der Waals surface area (Å²) < 4.78 is 30.1. The van der Waals surface area contributed by atoms with Crippen LogP contribution in [0.25, 0.3) is 0 Å². The van der Waals surface area contributed by atoms with E-state index in [1.165, 1.54) is 11.3 Å². The van der Waals surface area contributed by atoms with Gasteiger partial charge in [0.1, 0.15) is 5.01 Å². The summed E-state index contributed by atoms with van der Waals surface area (Å²) >= 11 is 6.80. The van der Waals surface area contributed by atoms with E-state index in [1.807, 2.05) is 37.6 Å². The van der Waals surface area contributed by atoms with Gasteiger partial charge in [0.2, 0.25) is 10.0 Å². The van der Waals surface area contributed by atoms with E-state index in [1.54, 1.807) is 10.4 Å². The van der Waals surface area contributed by atoms with Gasteiger partial charge >= 0.3 is 0 Å². The zero-order valence-electron chi connectivity index (χ0n) is 14.6. The van der Waals surface area contributed by atoms with E-state index >= 15 is 0 Å². The minimum Gasteiger partial charge on any atom is -0.282 e. The molecule has 9 heteroatoms. The molecule has 1 fully saturated rings. The van der Waals surface area contributed by atoms with Gasteiger partial charge in [-0.2, -0.15) is 9.40 Å². The van der Waals surface area contributed by atoms with Gasteiger partial charge in [-0.25, -0.2) is 13.1 Å². The zero-order chi connectivity index (χ0) is 18.2. The van der Waals surface area contributed by atoms with Crippen molar-refractivity contribution in [1.82, 2.24) is 19.0 Å². The van der Waals surface area contributed by atoms with Gasteiger partial charge in [-0.05, 0) is 50.2 Å². The van der Waals surface area contributed by atoms with E-state index in [9.17, 15) is 8.42 Å². The van der Waals surface area contributed by atoms with Gasteiger partial charge in [-0.15, -0.1) is 0 Å². The highest BCUT2D eigenvalue weighted by molar-refractivity contribution is 7.89. The summed E-state index contributed by atoms with van der Waals surface area (Å²) in [6, 6.07) is 5.56. The summed E-state index contributed by atoms with van der Waals surface area (Å²) in [6.07, 6.45) is 0. The first-order chi connectivity index (χ1) is 11.8.